The smallest absolute Gasteiger partial charge is 0.270 e. The molecule has 2 aromatic carbocycles. The van der Waals surface area contributed by atoms with E-state index in [1.807, 2.05) is 0 Å². The third kappa shape index (κ3) is 4.24. The van der Waals surface area contributed by atoms with Crippen LogP contribution in [0.2, 0.25) is 5.02 Å². The second kappa shape index (κ2) is 7.17. The first-order valence-electron chi connectivity index (χ1n) is 6.54. The summed E-state index contributed by atoms with van der Waals surface area (Å²) in [6, 6.07) is 8.81. The van der Waals surface area contributed by atoms with Gasteiger partial charge < -0.3 is 10.4 Å². The van der Waals surface area contributed by atoms with Crippen LogP contribution in [-0.4, -0.2) is 22.5 Å². The molecule has 6 nitrogen and oxygen atoms in total. The lowest BCUT2D eigenvalue weighted by Gasteiger charge is -2.13. The molecule has 0 fully saturated rings. The van der Waals surface area contributed by atoms with Gasteiger partial charge in [0.1, 0.15) is 5.82 Å². The Morgan fingerprint density at radius 3 is 2.74 bits per heavy atom. The van der Waals surface area contributed by atoms with E-state index in [2.05, 4.69) is 5.32 Å². The number of rotatable bonds is 5. The minimum Gasteiger partial charge on any atom is -0.387 e. The second-order valence-corrected chi connectivity index (χ2v) is 5.11. The molecular weight excluding hydrogens is 327 g/mol. The lowest BCUT2D eigenvalue weighted by atomic mass is 10.1. The minimum absolute atomic E-state index is 0.0494. The lowest BCUT2D eigenvalue weighted by Crippen LogP contribution is -2.28. The highest BCUT2D eigenvalue weighted by Crippen LogP contribution is 2.22. The fourth-order valence-electron chi connectivity index (χ4n) is 1.92. The van der Waals surface area contributed by atoms with E-state index >= 15 is 0 Å². The monoisotopic (exact) mass is 338 g/mol. The third-order valence-corrected chi connectivity index (χ3v) is 3.42. The molecule has 0 aliphatic carbocycles. The van der Waals surface area contributed by atoms with Gasteiger partial charge in [-0.2, -0.15) is 0 Å². The molecule has 0 bridgehead atoms. The van der Waals surface area contributed by atoms with Crippen molar-refractivity contribution < 1.29 is 19.2 Å². The first kappa shape index (κ1) is 16.9. The number of hydrogen-bond acceptors (Lipinski definition) is 4. The average Bonchev–Trinajstić information content (AvgIpc) is 2.52. The molecule has 2 rings (SSSR count). The third-order valence-electron chi connectivity index (χ3n) is 3.09. The van der Waals surface area contributed by atoms with Crippen LogP contribution >= 0.6 is 11.6 Å². The number of amides is 1. The van der Waals surface area contributed by atoms with Crippen molar-refractivity contribution in [3.05, 3.63) is 74.5 Å². The van der Waals surface area contributed by atoms with Gasteiger partial charge in [-0.3, -0.25) is 14.9 Å². The van der Waals surface area contributed by atoms with Crippen LogP contribution in [0.3, 0.4) is 0 Å². The van der Waals surface area contributed by atoms with Crippen LogP contribution in [0.5, 0.6) is 0 Å². The first-order valence-corrected chi connectivity index (χ1v) is 6.92. The van der Waals surface area contributed by atoms with Crippen molar-refractivity contribution in [3.63, 3.8) is 0 Å². The summed E-state index contributed by atoms with van der Waals surface area (Å²) in [6.07, 6.45) is -1.12. The number of nitrogens with zero attached hydrogens (tertiary/aromatic N) is 1. The zero-order valence-corrected chi connectivity index (χ0v) is 12.5. The highest BCUT2D eigenvalue weighted by Gasteiger charge is 2.17. The van der Waals surface area contributed by atoms with Crippen molar-refractivity contribution in [3.8, 4) is 0 Å². The number of carbonyl (C=O) groups is 1. The molecule has 0 saturated carbocycles. The summed E-state index contributed by atoms with van der Waals surface area (Å²) in [4.78, 5) is 22.1. The van der Waals surface area contributed by atoms with Crippen molar-refractivity contribution in [2.24, 2.45) is 0 Å². The average molecular weight is 339 g/mol. The maximum atomic E-state index is 13.1. The molecular formula is C15H12ClFN2O4. The number of benzene rings is 2. The molecule has 1 atom stereocenters. The lowest BCUT2D eigenvalue weighted by molar-refractivity contribution is -0.384. The van der Waals surface area contributed by atoms with Crippen LogP contribution in [0.25, 0.3) is 0 Å². The van der Waals surface area contributed by atoms with Crippen LogP contribution < -0.4 is 5.32 Å². The summed E-state index contributed by atoms with van der Waals surface area (Å²) in [5.74, 6) is -1.18. The number of carbonyl (C=O) groups excluding carboxylic acids is 1. The zero-order valence-electron chi connectivity index (χ0n) is 11.7. The number of aliphatic hydroxyl groups is 1. The molecule has 120 valence electrons. The van der Waals surface area contributed by atoms with E-state index in [0.717, 1.165) is 12.1 Å². The molecule has 0 unspecified atom stereocenters. The number of halogens is 2. The first-order chi connectivity index (χ1) is 10.9. The van der Waals surface area contributed by atoms with Crippen LogP contribution in [0.15, 0.2) is 42.5 Å². The fraction of sp³-hybridized carbons (Fsp3) is 0.133. The van der Waals surface area contributed by atoms with Crippen molar-refractivity contribution in [1.82, 2.24) is 5.32 Å². The van der Waals surface area contributed by atoms with Crippen LogP contribution in [-0.2, 0) is 0 Å². The van der Waals surface area contributed by atoms with Gasteiger partial charge in [0.25, 0.3) is 11.6 Å². The Bertz CT molecular complexity index is 754. The Morgan fingerprint density at radius 2 is 2.09 bits per heavy atom. The van der Waals surface area contributed by atoms with Crippen molar-refractivity contribution in [2.45, 2.75) is 6.10 Å². The van der Waals surface area contributed by atoms with Gasteiger partial charge in [-0.05, 0) is 23.8 Å². The Morgan fingerprint density at radius 1 is 1.35 bits per heavy atom. The van der Waals surface area contributed by atoms with Crippen molar-refractivity contribution in [2.75, 3.05) is 6.54 Å². The number of nitro groups is 1. The quantitative estimate of drug-likeness (QED) is 0.647. The van der Waals surface area contributed by atoms with E-state index < -0.39 is 22.8 Å². The van der Waals surface area contributed by atoms with E-state index in [1.165, 1.54) is 30.3 Å². The van der Waals surface area contributed by atoms with E-state index in [4.69, 9.17) is 11.6 Å². The summed E-state index contributed by atoms with van der Waals surface area (Å²) in [5, 5.41) is 23.1. The number of nitro benzene ring substituents is 1. The standard InChI is InChI=1S/C15H12ClFN2O4/c16-13-5-4-11(19(22)23)7-12(13)15(21)18-8-14(20)9-2-1-3-10(17)6-9/h1-7,14,20H,8H2,(H,18,21)/t14-/m1/s1. The molecule has 0 aliphatic heterocycles. The van der Waals surface area contributed by atoms with Crippen LogP contribution in [0.1, 0.15) is 22.0 Å². The largest absolute Gasteiger partial charge is 0.387 e. The zero-order chi connectivity index (χ0) is 17.0. The van der Waals surface area contributed by atoms with Crippen molar-refractivity contribution >= 4 is 23.2 Å². The number of hydrogen-bond donors (Lipinski definition) is 2. The van der Waals surface area contributed by atoms with Gasteiger partial charge in [0, 0.05) is 18.7 Å². The van der Waals surface area contributed by atoms with Gasteiger partial charge in [0.2, 0.25) is 0 Å². The molecule has 1 amide bonds. The van der Waals surface area contributed by atoms with E-state index in [9.17, 15) is 24.4 Å². The summed E-state index contributed by atoms with van der Waals surface area (Å²) in [7, 11) is 0. The molecule has 2 N–H and O–H groups in total. The Balaban J connectivity index is 2.07. The summed E-state index contributed by atoms with van der Waals surface area (Å²) < 4.78 is 13.1. The summed E-state index contributed by atoms with van der Waals surface area (Å²) in [6.45, 7) is -0.193. The minimum atomic E-state index is -1.12. The predicted octanol–water partition coefficient (Wildman–Crippen LogP) is 2.85. The fourth-order valence-corrected chi connectivity index (χ4v) is 2.12. The molecule has 0 spiro atoms. The number of nitrogens with one attached hydrogen (secondary N) is 1. The maximum absolute atomic E-state index is 13.1. The molecule has 0 heterocycles. The second-order valence-electron chi connectivity index (χ2n) is 4.70. The summed E-state index contributed by atoms with van der Waals surface area (Å²) >= 11 is 5.85. The highest BCUT2D eigenvalue weighted by molar-refractivity contribution is 6.33. The molecule has 0 aromatic heterocycles. The molecule has 0 aliphatic rings. The molecule has 0 saturated heterocycles. The molecule has 23 heavy (non-hydrogen) atoms. The maximum Gasteiger partial charge on any atom is 0.270 e. The van der Waals surface area contributed by atoms with Gasteiger partial charge >= 0.3 is 0 Å². The van der Waals surface area contributed by atoms with Crippen LogP contribution in [0.4, 0.5) is 10.1 Å². The topological polar surface area (TPSA) is 92.5 Å². The molecule has 0 radical (unpaired) electrons. The SMILES string of the molecule is O=C(NC[C@@H](O)c1cccc(F)c1)c1cc([N+](=O)[O-])ccc1Cl. The summed E-state index contributed by atoms with van der Waals surface area (Å²) in [5.41, 5.74) is -0.0482. The van der Waals surface area contributed by atoms with Gasteiger partial charge in [0.05, 0.1) is 21.6 Å². The van der Waals surface area contributed by atoms with Gasteiger partial charge in [-0.25, -0.2) is 4.39 Å². The van der Waals surface area contributed by atoms with E-state index in [1.54, 1.807) is 0 Å². The molecule has 8 heteroatoms. The highest BCUT2D eigenvalue weighted by atomic mass is 35.5. The van der Waals surface area contributed by atoms with Crippen molar-refractivity contribution in [1.29, 1.82) is 0 Å². The van der Waals surface area contributed by atoms with Gasteiger partial charge in [0.15, 0.2) is 0 Å². The number of aliphatic hydroxyl groups excluding tert-OH is 1. The Kier molecular flexibility index (Phi) is 5.25. The predicted molar refractivity (Wildman–Crippen MR) is 81.8 cm³/mol. The number of non-ortho nitro benzene ring substituents is 1. The molecule has 2 aromatic rings. The van der Waals surface area contributed by atoms with E-state index in [-0.39, 0.29) is 22.8 Å². The normalized spacial score (nSPS) is 11.8. The van der Waals surface area contributed by atoms with Gasteiger partial charge in [-0.1, -0.05) is 23.7 Å². The Hall–Kier alpha value is -2.51. The van der Waals surface area contributed by atoms with Gasteiger partial charge in [-0.15, -0.1) is 0 Å². The Labute approximate surface area is 135 Å². The van der Waals surface area contributed by atoms with E-state index in [0.29, 0.717) is 5.56 Å². The van der Waals surface area contributed by atoms with Crippen LogP contribution in [0, 0.1) is 15.9 Å².